The average Bonchev–Trinajstić information content (AvgIpc) is 3.09. The van der Waals surface area contributed by atoms with E-state index >= 15 is 0 Å². The van der Waals surface area contributed by atoms with Gasteiger partial charge in [-0.2, -0.15) is 4.98 Å². The van der Waals surface area contributed by atoms with E-state index in [9.17, 15) is 0 Å². The molecule has 2 aliphatic rings. The second-order valence-electron chi connectivity index (χ2n) is 7.07. The highest BCUT2D eigenvalue weighted by molar-refractivity contribution is 5.45. The number of ether oxygens (including phenoxy) is 2. The highest BCUT2D eigenvalue weighted by Crippen LogP contribution is 2.32. The van der Waals surface area contributed by atoms with Gasteiger partial charge in [-0.3, -0.25) is 0 Å². The fraction of sp³-hybridized carbons (Fsp3) is 0.500. The van der Waals surface area contributed by atoms with E-state index in [0.29, 0.717) is 13.2 Å². The van der Waals surface area contributed by atoms with Crippen LogP contribution in [0.1, 0.15) is 29.7 Å². The lowest BCUT2D eigenvalue weighted by Gasteiger charge is -2.37. The van der Waals surface area contributed by atoms with Crippen molar-refractivity contribution >= 4 is 11.8 Å². The van der Waals surface area contributed by atoms with Crippen LogP contribution in [0.15, 0.2) is 30.3 Å². The molecule has 138 valence electrons. The minimum absolute atomic E-state index is 0.369. The monoisotopic (exact) mass is 354 g/mol. The molecule has 1 aromatic carbocycles. The zero-order valence-electron chi connectivity index (χ0n) is 15.5. The third-order valence-electron chi connectivity index (χ3n) is 5.19. The number of piperidine rings is 1. The summed E-state index contributed by atoms with van der Waals surface area (Å²) in [4.78, 5) is 11.6. The first-order chi connectivity index (χ1) is 12.6. The number of nitrogens with one attached hydrogen (secondary N) is 1. The molecule has 0 bridgehead atoms. The fourth-order valence-corrected chi connectivity index (χ4v) is 3.61. The number of hydrogen-bond donors (Lipinski definition) is 1. The topological polar surface area (TPSA) is 59.5 Å². The molecule has 1 N–H and O–H groups in total. The van der Waals surface area contributed by atoms with Gasteiger partial charge in [0.05, 0.1) is 13.2 Å². The molecule has 6 nitrogen and oxygen atoms in total. The van der Waals surface area contributed by atoms with Crippen LogP contribution in [0.25, 0.3) is 0 Å². The lowest BCUT2D eigenvalue weighted by molar-refractivity contribution is -0.169. The Bertz CT molecular complexity index is 764. The van der Waals surface area contributed by atoms with E-state index in [4.69, 9.17) is 14.5 Å². The Balaban J connectivity index is 1.44. The smallest absolute Gasteiger partial charge is 0.227 e. The summed E-state index contributed by atoms with van der Waals surface area (Å²) in [6.07, 6.45) is 1.71. The van der Waals surface area contributed by atoms with Crippen LogP contribution in [0.3, 0.4) is 0 Å². The highest BCUT2D eigenvalue weighted by Gasteiger charge is 2.40. The summed E-state index contributed by atoms with van der Waals surface area (Å²) in [7, 11) is 0. The maximum Gasteiger partial charge on any atom is 0.227 e. The molecule has 2 aromatic rings. The van der Waals surface area contributed by atoms with Gasteiger partial charge in [0, 0.05) is 44.2 Å². The number of rotatable bonds is 4. The number of anilines is 2. The van der Waals surface area contributed by atoms with Crippen molar-refractivity contribution in [1.82, 2.24) is 9.97 Å². The first kappa shape index (κ1) is 17.2. The Morgan fingerprint density at radius 3 is 2.54 bits per heavy atom. The van der Waals surface area contributed by atoms with Crippen LogP contribution in [0.4, 0.5) is 11.8 Å². The van der Waals surface area contributed by atoms with Crippen molar-refractivity contribution < 1.29 is 9.47 Å². The molecule has 2 fully saturated rings. The van der Waals surface area contributed by atoms with Gasteiger partial charge >= 0.3 is 0 Å². The van der Waals surface area contributed by atoms with Gasteiger partial charge in [-0.1, -0.05) is 24.3 Å². The zero-order chi connectivity index (χ0) is 18.0. The Kier molecular flexibility index (Phi) is 4.78. The molecular weight excluding hydrogens is 328 g/mol. The Labute approximate surface area is 154 Å². The second-order valence-corrected chi connectivity index (χ2v) is 7.07. The molecule has 1 spiro atoms. The lowest BCUT2D eigenvalue weighted by atomic mass is 10.0. The van der Waals surface area contributed by atoms with Gasteiger partial charge in [0.25, 0.3) is 0 Å². The van der Waals surface area contributed by atoms with Gasteiger partial charge in [-0.15, -0.1) is 0 Å². The van der Waals surface area contributed by atoms with E-state index < -0.39 is 0 Å². The molecule has 1 aromatic heterocycles. The molecular formula is C20H26N4O2. The molecule has 0 aliphatic carbocycles. The molecule has 0 unspecified atom stereocenters. The molecule has 0 atom stereocenters. The summed E-state index contributed by atoms with van der Waals surface area (Å²) >= 11 is 0. The summed E-state index contributed by atoms with van der Waals surface area (Å²) in [5, 5.41) is 3.44. The van der Waals surface area contributed by atoms with Crippen molar-refractivity contribution in [2.45, 2.75) is 39.0 Å². The van der Waals surface area contributed by atoms with Gasteiger partial charge in [0.2, 0.25) is 5.95 Å². The van der Waals surface area contributed by atoms with Crippen LogP contribution in [0.5, 0.6) is 0 Å². The fourth-order valence-electron chi connectivity index (χ4n) is 3.61. The van der Waals surface area contributed by atoms with E-state index in [2.05, 4.69) is 46.4 Å². The van der Waals surface area contributed by atoms with Gasteiger partial charge in [0.1, 0.15) is 5.82 Å². The summed E-state index contributed by atoms with van der Waals surface area (Å²) in [5.41, 5.74) is 3.53. The van der Waals surface area contributed by atoms with E-state index in [-0.39, 0.29) is 5.79 Å². The van der Waals surface area contributed by atoms with Crippen molar-refractivity contribution in [2.24, 2.45) is 0 Å². The average molecular weight is 354 g/mol. The number of benzene rings is 1. The molecule has 6 heteroatoms. The second kappa shape index (κ2) is 7.21. The van der Waals surface area contributed by atoms with Gasteiger partial charge in [-0.25, -0.2) is 4.98 Å². The maximum absolute atomic E-state index is 5.81. The van der Waals surface area contributed by atoms with Crippen LogP contribution in [-0.4, -0.2) is 42.1 Å². The molecule has 26 heavy (non-hydrogen) atoms. The largest absolute Gasteiger partial charge is 0.366 e. The molecule has 2 saturated heterocycles. The maximum atomic E-state index is 5.81. The molecule has 2 aliphatic heterocycles. The van der Waals surface area contributed by atoms with Gasteiger partial charge < -0.3 is 19.7 Å². The molecule has 0 saturated carbocycles. The summed E-state index contributed by atoms with van der Waals surface area (Å²) < 4.78 is 11.6. The Hall–Kier alpha value is -2.18. The minimum Gasteiger partial charge on any atom is -0.366 e. The predicted molar refractivity (Wildman–Crippen MR) is 101 cm³/mol. The normalized spacial score (nSPS) is 19.1. The summed E-state index contributed by atoms with van der Waals surface area (Å²) in [6, 6.07) is 10.4. The van der Waals surface area contributed by atoms with Crippen LogP contribution in [-0.2, 0) is 16.0 Å². The molecule has 0 amide bonds. The van der Waals surface area contributed by atoms with E-state index in [1.807, 2.05) is 13.0 Å². The van der Waals surface area contributed by atoms with Crippen LogP contribution < -0.4 is 10.2 Å². The van der Waals surface area contributed by atoms with E-state index in [1.54, 1.807) is 0 Å². The van der Waals surface area contributed by atoms with E-state index in [1.165, 1.54) is 11.1 Å². The molecule has 4 rings (SSSR count). The van der Waals surface area contributed by atoms with Crippen molar-refractivity contribution in [3.05, 3.63) is 47.2 Å². The van der Waals surface area contributed by atoms with Crippen LogP contribution in [0, 0.1) is 13.8 Å². The van der Waals surface area contributed by atoms with Crippen molar-refractivity contribution in [2.75, 3.05) is 36.5 Å². The lowest BCUT2D eigenvalue weighted by Crippen LogP contribution is -2.45. The number of aromatic nitrogens is 2. The standard InChI is InChI=1S/C20H26N4O2/c1-15-5-3-4-6-17(15)14-21-18-13-16(2)22-19(23-18)24-9-7-20(8-10-24)25-11-12-26-20/h3-6,13H,7-12,14H2,1-2H3,(H,21,22,23). The van der Waals surface area contributed by atoms with E-state index in [0.717, 1.165) is 49.9 Å². The predicted octanol–water partition coefficient (Wildman–Crippen LogP) is 3.05. The number of nitrogens with zero attached hydrogens (tertiary/aromatic N) is 3. The Morgan fingerprint density at radius 2 is 1.81 bits per heavy atom. The first-order valence-electron chi connectivity index (χ1n) is 9.31. The molecule has 0 radical (unpaired) electrons. The third kappa shape index (κ3) is 3.66. The minimum atomic E-state index is -0.369. The molecule has 3 heterocycles. The number of hydrogen-bond acceptors (Lipinski definition) is 6. The van der Waals surface area contributed by atoms with Gasteiger partial charge in [0.15, 0.2) is 5.79 Å². The van der Waals surface area contributed by atoms with Gasteiger partial charge in [-0.05, 0) is 25.0 Å². The Morgan fingerprint density at radius 1 is 1.08 bits per heavy atom. The SMILES string of the molecule is Cc1cc(NCc2ccccc2C)nc(N2CCC3(CC2)OCCO3)n1. The summed E-state index contributed by atoms with van der Waals surface area (Å²) in [5.74, 6) is 1.28. The quantitative estimate of drug-likeness (QED) is 0.911. The third-order valence-corrected chi connectivity index (χ3v) is 5.19. The summed E-state index contributed by atoms with van der Waals surface area (Å²) in [6.45, 7) is 8.00. The van der Waals surface area contributed by atoms with Crippen molar-refractivity contribution in [3.63, 3.8) is 0 Å². The zero-order valence-corrected chi connectivity index (χ0v) is 15.5. The van der Waals surface area contributed by atoms with Crippen LogP contribution in [0.2, 0.25) is 0 Å². The van der Waals surface area contributed by atoms with Crippen molar-refractivity contribution in [3.8, 4) is 0 Å². The first-order valence-corrected chi connectivity index (χ1v) is 9.31. The highest BCUT2D eigenvalue weighted by atomic mass is 16.7. The van der Waals surface area contributed by atoms with Crippen LogP contribution >= 0.6 is 0 Å². The number of aryl methyl sites for hydroxylation is 2. The van der Waals surface area contributed by atoms with Crippen molar-refractivity contribution in [1.29, 1.82) is 0 Å².